The molecule has 136 valence electrons. The molecule has 25 heavy (non-hydrogen) atoms. The summed E-state index contributed by atoms with van der Waals surface area (Å²) in [6.07, 6.45) is 4.85. The van der Waals surface area contributed by atoms with E-state index >= 15 is 0 Å². The summed E-state index contributed by atoms with van der Waals surface area (Å²) in [7, 11) is 0. The smallest absolute Gasteiger partial charge is 0.191 e. The fourth-order valence-electron chi connectivity index (χ4n) is 2.20. The number of hydrogen-bond donors (Lipinski definition) is 2. The average molecular weight is 364 g/mol. The monoisotopic (exact) mass is 363 g/mol. The Bertz CT molecular complexity index is 654. The number of guanidine groups is 1. The first-order valence-electron chi connectivity index (χ1n) is 8.57. The molecule has 1 heterocycles. The first-order valence-corrected chi connectivity index (χ1v) is 9.55. The highest BCUT2D eigenvalue weighted by molar-refractivity contribution is 7.99. The van der Waals surface area contributed by atoms with Gasteiger partial charge in [-0.25, -0.2) is 4.39 Å². The number of aliphatic imine (C=N–C) groups is 1. The number of rotatable bonds is 9. The Morgan fingerprint density at radius 3 is 2.76 bits per heavy atom. The molecule has 7 heteroatoms. The van der Waals surface area contributed by atoms with Crippen LogP contribution < -0.4 is 10.6 Å². The molecule has 1 aromatic carbocycles. The molecule has 1 aromatic heterocycles. The molecule has 0 saturated heterocycles. The van der Waals surface area contributed by atoms with Gasteiger partial charge in [-0.1, -0.05) is 0 Å². The molecular formula is C18H26FN5S. The van der Waals surface area contributed by atoms with Crippen LogP contribution in [0.4, 0.5) is 4.39 Å². The third-order valence-electron chi connectivity index (χ3n) is 3.39. The standard InChI is InChI=1S/C18H26FN5S/c1-3-20-18(22-10-11-24-14-15(2)13-23-24)21-9-4-12-25-17-7-5-16(19)6-8-17/h5-8,13-14H,3-4,9-12H2,1-2H3,(H2,20,21,22). The lowest BCUT2D eigenvalue weighted by atomic mass is 10.4. The van der Waals surface area contributed by atoms with Crippen molar-refractivity contribution in [3.8, 4) is 0 Å². The van der Waals surface area contributed by atoms with Gasteiger partial charge in [0.15, 0.2) is 5.96 Å². The van der Waals surface area contributed by atoms with Crippen molar-refractivity contribution >= 4 is 17.7 Å². The Hall–Kier alpha value is -2.02. The number of benzene rings is 1. The molecular weight excluding hydrogens is 337 g/mol. The van der Waals surface area contributed by atoms with Crippen LogP contribution >= 0.6 is 11.8 Å². The Morgan fingerprint density at radius 2 is 2.08 bits per heavy atom. The van der Waals surface area contributed by atoms with Gasteiger partial charge in [-0.3, -0.25) is 9.67 Å². The van der Waals surface area contributed by atoms with Crippen molar-refractivity contribution in [2.45, 2.75) is 31.7 Å². The molecule has 0 saturated carbocycles. The van der Waals surface area contributed by atoms with E-state index in [0.29, 0.717) is 0 Å². The summed E-state index contributed by atoms with van der Waals surface area (Å²) in [5.41, 5.74) is 1.17. The Labute approximate surface area is 153 Å². The second-order valence-corrected chi connectivity index (χ2v) is 6.79. The first kappa shape index (κ1) is 19.3. The van der Waals surface area contributed by atoms with Gasteiger partial charge >= 0.3 is 0 Å². The maximum absolute atomic E-state index is 12.9. The number of nitrogens with one attached hydrogen (secondary N) is 2. The lowest BCUT2D eigenvalue weighted by Crippen LogP contribution is -2.39. The summed E-state index contributed by atoms with van der Waals surface area (Å²) in [4.78, 5) is 5.67. The molecule has 0 atom stereocenters. The van der Waals surface area contributed by atoms with Crippen molar-refractivity contribution < 1.29 is 4.39 Å². The molecule has 0 unspecified atom stereocenters. The fourth-order valence-corrected chi connectivity index (χ4v) is 3.03. The molecule has 0 aliphatic heterocycles. The zero-order chi connectivity index (χ0) is 17.9. The molecule has 0 aliphatic rings. The molecule has 0 aliphatic carbocycles. The van der Waals surface area contributed by atoms with Crippen LogP contribution in [0.2, 0.25) is 0 Å². The highest BCUT2D eigenvalue weighted by Crippen LogP contribution is 2.18. The van der Waals surface area contributed by atoms with Crippen molar-refractivity contribution in [3.05, 3.63) is 48.0 Å². The van der Waals surface area contributed by atoms with Gasteiger partial charge < -0.3 is 10.6 Å². The van der Waals surface area contributed by atoms with E-state index in [1.165, 1.54) is 17.7 Å². The topological polar surface area (TPSA) is 54.2 Å². The largest absolute Gasteiger partial charge is 0.357 e. The summed E-state index contributed by atoms with van der Waals surface area (Å²) >= 11 is 1.72. The van der Waals surface area contributed by atoms with Gasteiger partial charge in [-0.05, 0) is 55.9 Å². The van der Waals surface area contributed by atoms with Crippen LogP contribution in [0.1, 0.15) is 18.9 Å². The summed E-state index contributed by atoms with van der Waals surface area (Å²) in [6, 6.07) is 6.61. The second-order valence-electron chi connectivity index (χ2n) is 5.62. The third kappa shape index (κ3) is 7.60. The average Bonchev–Trinajstić information content (AvgIpc) is 3.01. The molecule has 0 spiro atoms. The van der Waals surface area contributed by atoms with Crippen LogP contribution in [-0.2, 0) is 6.54 Å². The van der Waals surface area contributed by atoms with Crippen molar-refractivity contribution in [1.29, 1.82) is 0 Å². The normalized spacial score (nSPS) is 11.6. The van der Waals surface area contributed by atoms with Crippen LogP contribution in [0, 0.1) is 12.7 Å². The van der Waals surface area contributed by atoms with E-state index in [1.807, 2.05) is 36.1 Å². The Morgan fingerprint density at radius 1 is 1.28 bits per heavy atom. The minimum Gasteiger partial charge on any atom is -0.357 e. The number of thioether (sulfide) groups is 1. The van der Waals surface area contributed by atoms with Crippen LogP contribution in [0.3, 0.4) is 0 Å². The number of hydrogen-bond acceptors (Lipinski definition) is 3. The van der Waals surface area contributed by atoms with Crippen LogP contribution in [0.15, 0.2) is 46.5 Å². The lowest BCUT2D eigenvalue weighted by Gasteiger charge is -2.11. The lowest BCUT2D eigenvalue weighted by molar-refractivity contribution is 0.597. The van der Waals surface area contributed by atoms with Gasteiger partial charge in [-0.2, -0.15) is 5.10 Å². The third-order valence-corrected chi connectivity index (χ3v) is 4.49. The Kier molecular flexibility index (Phi) is 8.31. The molecule has 0 fully saturated rings. The number of halogens is 1. The number of nitrogens with zero attached hydrogens (tertiary/aromatic N) is 3. The van der Waals surface area contributed by atoms with Crippen molar-refractivity contribution in [2.75, 3.05) is 25.4 Å². The van der Waals surface area contributed by atoms with Crippen LogP contribution in [-0.4, -0.2) is 41.1 Å². The molecule has 5 nitrogen and oxygen atoms in total. The van der Waals surface area contributed by atoms with Gasteiger partial charge in [-0.15, -0.1) is 11.8 Å². The molecule has 2 aromatic rings. The van der Waals surface area contributed by atoms with E-state index in [0.717, 1.165) is 49.2 Å². The molecule has 0 radical (unpaired) electrons. The summed E-state index contributed by atoms with van der Waals surface area (Å²) < 4.78 is 14.8. The van der Waals surface area contributed by atoms with Crippen molar-refractivity contribution in [1.82, 2.24) is 20.4 Å². The van der Waals surface area contributed by atoms with E-state index in [1.54, 1.807) is 11.8 Å². The van der Waals surface area contributed by atoms with E-state index in [4.69, 9.17) is 0 Å². The maximum Gasteiger partial charge on any atom is 0.191 e. The van der Waals surface area contributed by atoms with E-state index < -0.39 is 0 Å². The van der Waals surface area contributed by atoms with Gasteiger partial charge in [0.25, 0.3) is 0 Å². The highest BCUT2D eigenvalue weighted by atomic mass is 32.2. The van der Waals surface area contributed by atoms with Gasteiger partial charge in [0, 0.05) is 30.7 Å². The molecule has 0 amide bonds. The maximum atomic E-state index is 12.9. The predicted molar refractivity (Wildman–Crippen MR) is 103 cm³/mol. The summed E-state index contributed by atoms with van der Waals surface area (Å²) in [6.45, 7) is 7.25. The van der Waals surface area contributed by atoms with Crippen molar-refractivity contribution in [3.63, 3.8) is 0 Å². The van der Waals surface area contributed by atoms with E-state index in [2.05, 4.69) is 27.6 Å². The minimum atomic E-state index is -0.194. The van der Waals surface area contributed by atoms with E-state index in [9.17, 15) is 4.39 Å². The van der Waals surface area contributed by atoms with Gasteiger partial charge in [0.2, 0.25) is 0 Å². The van der Waals surface area contributed by atoms with Crippen LogP contribution in [0.5, 0.6) is 0 Å². The summed E-state index contributed by atoms with van der Waals surface area (Å²) in [5.74, 6) is 1.60. The quantitative estimate of drug-likeness (QED) is 0.311. The zero-order valence-corrected chi connectivity index (χ0v) is 15.7. The minimum absolute atomic E-state index is 0.194. The fraction of sp³-hybridized carbons (Fsp3) is 0.444. The first-order chi connectivity index (χ1) is 12.2. The predicted octanol–water partition coefficient (Wildman–Crippen LogP) is 3.07. The molecule has 0 bridgehead atoms. The molecule has 2 rings (SSSR count). The number of aromatic nitrogens is 2. The van der Waals surface area contributed by atoms with Crippen molar-refractivity contribution in [2.24, 2.45) is 4.99 Å². The molecule has 2 N–H and O–H groups in total. The number of aryl methyl sites for hydroxylation is 1. The van der Waals surface area contributed by atoms with E-state index in [-0.39, 0.29) is 5.82 Å². The van der Waals surface area contributed by atoms with Gasteiger partial charge in [0.05, 0.1) is 12.7 Å². The second kappa shape index (κ2) is 10.8. The Balaban J connectivity index is 1.66. The zero-order valence-electron chi connectivity index (χ0n) is 14.8. The van der Waals surface area contributed by atoms with Crippen LogP contribution in [0.25, 0.3) is 0 Å². The summed E-state index contributed by atoms with van der Waals surface area (Å²) in [5, 5.41) is 10.8. The SMILES string of the molecule is CCNC(=NCCCSc1ccc(F)cc1)NCCn1cc(C)cn1. The van der Waals surface area contributed by atoms with Gasteiger partial charge in [0.1, 0.15) is 5.82 Å². The highest BCUT2D eigenvalue weighted by Gasteiger charge is 1.99.